The molecule has 0 bridgehead atoms. The fourth-order valence-corrected chi connectivity index (χ4v) is 3.90. The van der Waals surface area contributed by atoms with Crippen molar-refractivity contribution < 1.29 is 0 Å². The first kappa shape index (κ1) is 11.9. The van der Waals surface area contributed by atoms with E-state index < -0.39 is 0 Å². The third-order valence-electron chi connectivity index (χ3n) is 3.73. The highest BCUT2D eigenvalue weighted by Crippen LogP contribution is 2.39. The average molecular weight is 281 g/mol. The van der Waals surface area contributed by atoms with Crippen molar-refractivity contribution in [3.8, 4) is 11.3 Å². The molecular weight excluding hydrogens is 266 g/mol. The molecule has 0 unspecified atom stereocenters. The van der Waals surface area contributed by atoms with Gasteiger partial charge in [-0.2, -0.15) is 0 Å². The number of rotatable bonds is 4. The summed E-state index contributed by atoms with van der Waals surface area (Å²) in [5.74, 6) is 0. The van der Waals surface area contributed by atoms with Crippen molar-refractivity contribution in [2.75, 3.05) is 0 Å². The van der Waals surface area contributed by atoms with E-state index in [1.807, 2.05) is 30.1 Å². The molecule has 3 nitrogen and oxygen atoms in total. The summed E-state index contributed by atoms with van der Waals surface area (Å²) in [5, 5.41) is 1.27. The second kappa shape index (κ2) is 4.87. The van der Waals surface area contributed by atoms with Crippen molar-refractivity contribution >= 4 is 11.3 Å². The Balaban J connectivity index is 1.47. The maximum atomic E-state index is 4.84. The van der Waals surface area contributed by atoms with E-state index in [9.17, 15) is 0 Å². The van der Waals surface area contributed by atoms with Crippen LogP contribution >= 0.6 is 11.3 Å². The normalized spacial score (nSPS) is 12.4. The summed E-state index contributed by atoms with van der Waals surface area (Å²) >= 11 is 1.88. The predicted octanol–water partition coefficient (Wildman–Crippen LogP) is 3.54. The Kier molecular flexibility index (Phi) is 2.89. The van der Waals surface area contributed by atoms with Crippen LogP contribution in [0.3, 0.4) is 0 Å². The SMILES string of the molecule is c1ccc2c(c1)Cc1sc(CCCn3ccnc3)nc1-2. The van der Waals surface area contributed by atoms with E-state index in [4.69, 9.17) is 4.98 Å². The lowest BCUT2D eigenvalue weighted by molar-refractivity contribution is 0.641. The van der Waals surface area contributed by atoms with Gasteiger partial charge in [-0.05, 0) is 12.0 Å². The van der Waals surface area contributed by atoms with Crippen LogP contribution in [0, 0.1) is 0 Å². The quantitative estimate of drug-likeness (QED) is 0.573. The lowest BCUT2D eigenvalue weighted by Gasteiger charge is -2.00. The van der Waals surface area contributed by atoms with Crippen molar-refractivity contribution in [3.05, 3.63) is 58.4 Å². The topological polar surface area (TPSA) is 30.7 Å². The van der Waals surface area contributed by atoms with Crippen LogP contribution in [0.4, 0.5) is 0 Å². The van der Waals surface area contributed by atoms with Gasteiger partial charge in [0.1, 0.15) is 0 Å². The lowest BCUT2D eigenvalue weighted by Crippen LogP contribution is -1.96. The zero-order valence-electron chi connectivity index (χ0n) is 11.1. The summed E-state index contributed by atoms with van der Waals surface area (Å²) < 4.78 is 2.12. The number of nitrogens with zero attached hydrogens (tertiary/aromatic N) is 3. The lowest BCUT2D eigenvalue weighted by atomic mass is 10.1. The van der Waals surface area contributed by atoms with Crippen LogP contribution in [0.1, 0.15) is 21.9 Å². The summed E-state index contributed by atoms with van der Waals surface area (Å²) in [6.07, 6.45) is 8.94. The summed E-state index contributed by atoms with van der Waals surface area (Å²) in [4.78, 5) is 10.3. The van der Waals surface area contributed by atoms with E-state index in [1.165, 1.54) is 26.7 Å². The van der Waals surface area contributed by atoms with Gasteiger partial charge >= 0.3 is 0 Å². The fraction of sp³-hybridized carbons (Fsp3) is 0.250. The molecule has 1 aromatic carbocycles. The molecular formula is C16H15N3S. The zero-order chi connectivity index (χ0) is 13.4. The van der Waals surface area contributed by atoms with Crippen molar-refractivity contribution in [2.45, 2.75) is 25.8 Å². The second-order valence-corrected chi connectivity index (χ2v) is 6.29. The van der Waals surface area contributed by atoms with Gasteiger partial charge in [-0.1, -0.05) is 24.3 Å². The van der Waals surface area contributed by atoms with Gasteiger partial charge in [0, 0.05) is 42.2 Å². The third-order valence-corrected chi connectivity index (χ3v) is 4.85. The largest absolute Gasteiger partial charge is 0.337 e. The monoisotopic (exact) mass is 281 g/mol. The van der Waals surface area contributed by atoms with Crippen LogP contribution < -0.4 is 0 Å². The molecule has 4 rings (SSSR count). The standard InChI is InChI=1S/C16H15N3S/c1-2-5-13-12(4-1)10-14-16(13)18-15(20-14)6-3-8-19-9-7-17-11-19/h1-2,4-5,7,9,11H,3,6,8,10H2. The molecule has 1 aliphatic carbocycles. The van der Waals surface area contributed by atoms with Gasteiger partial charge in [0.15, 0.2) is 0 Å². The Morgan fingerprint density at radius 3 is 3.10 bits per heavy atom. The fourth-order valence-electron chi connectivity index (χ4n) is 2.75. The smallest absolute Gasteiger partial charge is 0.0945 e. The minimum Gasteiger partial charge on any atom is -0.337 e. The second-order valence-electron chi connectivity index (χ2n) is 5.12. The van der Waals surface area contributed by atoms with Crippen LogP contribution in [0.25, 0.3) is 11.3 Å². The van der Waals surface area contributed by atoms with Gasteiger partial charge in [-0.3, -0.25) is 0 Å². The number of fused-ring (bicyclic) bond motifs is 3. The highest BCUT2D eigenvalue weighted by molar-refractivity contribution is 7.12. The van der Waals surface area contributed by atoms with E-state index in [1.54, 1.807) is 0 Å². The number of aryl methyl sites for hydroxylation is 2. The van der Waals surface area contributed by atoms with Crippen LogP contribution in [0.5, 0.6) is 0 Å². The molecule has 0 fully saturated rings. The minimum atomic E-state index is 1.01. The maximum Gasteiger partial charge on any atom is 0.0945 e. The molecule has 1 aliphatic rings. The molecule has 2 heterocycles. The van der Waals surface area contributed by atoms with E-state index in [2.05, 4.69) is 33.8 Å². The molecule has 2 aromatic heterocycles. The number of hydrogen-bond acceptors (Lipinski definition) is 3. The summed E-state index contributed by atoms with van der Waals surface area (Å²) in [6, 6.07) is 8.62. The van der Waals surface area contributed by atoms with Gasteiger partial charge in [0.2, 0.25) is 0 Å². The number of benzene rings is 1. The first-order valence-electron chi connectivity index (χ1n) is 6.93. The number of hydrogen-bond donors (Lipinski definition) is 0. The Hall–Kier alpha value is -1.94. The van der Waals surface area contributed by atoms with Crippen LogP contribution in [-0.4, -0.2) is 14.5 Å². The zero-order valence-corrected chi connectivity index (χ0v) is 11.9. The van der Waals surface area contributed by atoms with Gasteiger partial charge < -0.3 is 4.57 Å². The van der Waals surface area contributed by atoms with Crippen molar-refractivity contribution in [3.63, 3.8) is 0 Å². The molecule has 3 aromatic rings. The Bertz CT molecular complexity index is 728. The van der Waals surface area contributed by atoms with Gasteiger partial charge in [-0.15, -0.1) is 11.3 Å². The summed E-state index contributed by atoms with van der Waals surface area (Å²) in [6.45, 7) is 1.01. The first-order valence-corrected chi connectivity index (χ1v) is 7.74. The molecule has 0 radical (unpaired) electrons. The average Bonchev–Trinajstić information content (AvgIpc) is 3.14. The third kappa shape index (κ3) is 2.06. The summed E-state index contributed by atoms with van der Waals surface area (Å²) in [5.41, 5.74) is 3.98. The van der Waals surface area contributed by atoms with E-state index in [0.29, 0.717) is 0 Å². The van der Waals surface area contributed by atoms with Crippen molar-refractivity contribution in [1.82, 2.24) is 14.5 Å². The highest BCUT2D eigenvalue weighted by Gasteiger charge is 2.22. The number of imidazole rings is 1. The van der Waals surface area contributed by atoms with Crippen molar-refractivity contribution in [1.29, 1.82) is 0 Å². The van der Waals surface area contributed by atoms with Crippen LogP contribution in [0.15, 0.2) is 43.0 Å². The predicted molar refractivity (Wildman–Crippen MR) is 80.9 cm³/mol. The van der Waals surface area contributed by atoms with Gasteiger partial charge in [0.05, 0.1) is 17.0 Å². The highest BCUT2D eigenvalue weighted by atomic mass is 32.1. The molecule has 0 N–H and O–H groups in total. The molecule has 4 heteroatoms. The molecule has 0 atom stereocenters. The first-order chi connectivity index (χ1) is 9.90. The summed E-state index contributed by atoms with van der Waals surface area (Å²) in [7, 11) is 0. The van der Waals surface area contributed by atoms with Crippen molar-refractivity contribution in [2.24, 2.45) is 0 Å². The Morgan fingerprint density at radius 2 is 2.20 bits per heavy atom. The minimum absolute atomic E-state index is 1.01. The van der Waals surface area contributed by atoms with Gasteiger partial charge in [-0.25, -0.2) is 9.97 Å². The molecule has 0 amide bonds. The maximum absolute atomic E-state index is 4.84. The number of aromatic nitrogens is 3. The molecule has 0 saturated heterocycles. The Labute approximate surface area is 121 Å². The van der Waals surface area contributed by atoms with Crippen LogP contribution in [0.2, 0.25) is 0 Å². The van der Waals surface area contributed by atoms with E-state index >= 15 is 0 Å². The Morgan fingerprint density at radius 1 is 1.25 bits per heavy atom. The molecule has 0 aliphatic heterocycles. The van der Waals surface area contributed by atoms with E-state index in [-0.39, 0.29) is 0 Å². The van der Waals surface area contributed by atoms with Gasteiger partial charge in [0.25, 0.3) is 0 Å². The molecule has 0 saturated carbocycles. The molecule has 20 heavy (non-hydrogen) atoms. The molecule has 0 spiro atoms. The number of thiazole rings is 1. The molecule has 100 valence electrons. The van der Waals surface area contributed by atoms with E-state index in [0.717, 1.165) is 25.8 Å². The van der Waals surface area contributed by atoms with Crippen LogP contribution in [-0.2, 0) is 19.4 Å².